The molecule has 0 spiro atoms. The van der Waals surface area contributed by atoms with Gasteiger partial charge in [0.2, 0.25) is 0 Å². The molecule has 0 aliphatic rings. The van der Waals surface area contributed by atoms with Gasteiger partial charge in [-0.1, -0.05) is 38.8 Å². The summed E-state index contributed by atoms with van der Waals surface area (Å²) in [5, 5.41) is 0. The molecule has 0 aromatic heterocycles. The van der Waals surface area contributed by atoms with Crippen molar-refractivity contribution in [3.63, 3.8) is 0 Å². The second kappa shape index (κ2) is 2.97. The molecule has 0 saturated carbocycles. The molecular weight excluding hydrogens is 236 g/mol. The van der Waals surface area contributed by atoms with E-state index in [4.69, 9.17) is 0 Å². The quantitative estimate of drug-likeness (QED) is 0.682. The molecule has 48 valence electrons. The van der Waals surface area contributed by atoms with Gasteiger partial charge in [0.05, 0.1) is 0 Å². The molecule has 0 saturated heterocycles. The van der Waals surface area contributed by atoms with Gasteiger partial charge in [-0.15, -0.1) is 0 Å². The van der Waals surface area contributed by atoms with Crippen LogP contribution < -0.4 is 0 Å². The molecule has 0 amide bonds. The Morgan fingerprint density at radius 3 is 2.00 bits per heavy atom. The minimum atomic E-state index is -0.472. The van der Waals surface area contributed by atoms with Crippen LogP contribution in [0.4, 0.5) is 0 Å². The Hall–Kier alpha value is 0.630. The monoisotopic (exact) mass is 242 g/mol. The number of Topliss-reactive ketones (excluding diaryl/α,β-unsaturated/α-hetero) is 1. The minimum absolute atomic E-state index is 0.111. The summed E-state index contributed by atoms with van der Waals surface area (Å²) in [6.07, 6.45) is 0.766. The van der Waals surface area contributed by atoms with Crippen LogP contribution in [0.2, 0.25) is 0 Å². The highest BCUT2D eigenvalue weighted by atomic mass is 79.9. The maximum absolute atomic E-state index is 10.6. The number of carbonyl (C=O) groups is 1. The van der Waals surface area contributed by atoms with E-state index in [-0.39, 0.29) is 5.78 Å². The summed E-state index contributed by atoms with van der Waals surface area (Å²) in [6, 6.07) is 0. The lowest BCUT2D eigenvalue weighted by atomic mass is 10.2. The maximum Gasteiger partial charge on any atom is 0.157 e. The number of carbonyl (C=O) groups excluding carboxylic acids is 1. The van der Waals surface area contributed by atoms with E-state index in [2.05, 4.69) is 31.9 Å². The van der Waals surface area contributed by atoms with Crippen LogP contribution in [-0.4, -0.2) is 9.02 Å². The van der Waals surface area contributed by atoms with Crippen LogP contribution in [-0.2, 0) is 4.79 Å². The molecule has 0 N–H and O–H groups in total. The lowest BCUT2D eigenvalue weighted by Gasteiger charge is -2.11. The third-order valence-electron chi connectivity index (χ3n) is 0.959. The van der Waals surface area contributed by atoms with E-state index in [1.165, 1.54) is 0 Å². The summed E-state index contributed by atoms with van der Waals surface area (Å²) < 4.78 is -0.472. The fraction of sp³-hybridized carbons (Fsp3) is 0.800. The van der Waals surface area contributed by atoms with Gasteiger partial charge in [0.15, 0.2) is 5.78 Å². The normalized spacial score (nSPS) is 11.5. The molecule has 0 aliphatic heterocycles. The van der Waals surface area contributed by atoms with E-state index < -0.39 is 3.23 Å². The maximum atomic E-state index is 10.6. The van der Waals surface area contributed by atoms with Crippen LogP contribution in [0.5, 0.6) is 0 Å². The van der Waals surface area contributed by atoms with Crippen molar-refractivity contribution >= 4 is 37.6 Å². The standard InChI is InChI=1S/C5H8Br2O/c1-3-5(6,7)4(2)8/h3H2,1-2H3. The van der Waals surface area contributed by atoms with Crippen molar-refractivity contribution < 1.29 is 4.79 Å². The highest BCUT2D eigenvalue weighted by Crippen LogP contribution is 2.30. The molecule has 0 bridgehead atoms. The van der Waals surface area contributed by atoms with Gasteiger partial charge in [0, 0.05) is 0 Å². The Labute approximate surface area is 66.1 Å². The van der Waals surface area contributed by atoms with Crippen LogP contribution in [0.15, 0.2) is 0 Å². The summed E-state index contributed by atoms with van der Waals surface area (Å²) >= 11 is 6.42. The molecule has 0 radical (unpaired) electrons. The van der Waals surface area contributed by atoms with Gasteiger partial charge < -0.3 is 0 Å². The summed E-state index contributed by atoms with van der Waals surface area (Å²) in [5.41, 5.74) is 0. The predicted octanol–water partition coefficient (Wildman–Crippen LogP) is 2.47. The first kappa shape index (κ1) is 8.63. The van der Waals surface area contributed by atoms with Gasteiger partial charge in [-0.2, -0.15) is 0 Å². The zero-order valence-corrected chi connectivity index (χ0v) is 8.04. The van der Waals surface area contributed by atoms with Gasteiger partial charge in [0.1, 0.15) is 3.23 Å². The van der Waals surface area contributed by atoms with E-state index in [0.29, 0.717) is 0 Å². The SMILES string of the molecule is CCC(Br)(Br)C(C)=O. The van der Waals surface area contributed by atoms with Crippen LogP contribution in [0, 0.1) is 0 Å². The molecule has 0 atom stereocenters. The zero-order chi connectivity index (χ0) is 6.78. The summed E-state index contributed by atoms with van der Waals surface area (Å²) in [4.78, 5) is 10.6. The number of rotatable bonds is 2. The van der Waals surface area contributed by atoms with Crippen LogP contribution in [0.25, 0.3) is 0 Å². The fourth-order valence-corrected chi connectivity index (χ4v) is 0.249. The van der Waals surface area contributed by atoms with Crippen molar-refractivity contribution in [2.75, 3.05) is 0 Å². The predicted molar refractivity (Wildman–Crippen MR) is 41.6 cm³/mol. The average molecular weight is 244 g/mol. The van der Waals surface area contributed by atoms with Crippen molar-refractivity contribution in [1.29, 1.82) is 0 Å². The molecule has 0 rings (SSSR count). The third kappa shape index (κ3) is 2.27. The topological polar surface area (TPSA) is 17.1 Å². The lowest BCUT2D eigenvalue weighted by Crippen LogP contribution is -2.19. The van der Waals surface area contributed by atoms with Crippen LogP contribution >= 0.6 is 31.9 Å². The fourth-order valence-electron chi connectivity index (χ4n) is 0.249. The molecule has 1 nitrogen and oxygen atoms in total. The first-order valence-electron chi connectivity index (χ1n) is 2.39. The summed E-state index contributed by atoms with van der Waals surface area (Å²) in [7, 11) is 0. The number of halogens is 2. The van der Waals surface area contributed by atoms with Gasteiger partial charge in [-0.3, -0.25) is 4.79 Å². The first-order valence-corrected chi connectivity index (χ1v) is 3.98. The number of alkyl halides is 2. The van der Waals surface area contributed by atoms with Gasteiger partial charge in [0.25, 0.3) is 0 Å². The summed E-state index contributed by atoms with van der Waals surface area (Å²) in [5.74, 6) is 0.111. The van der Waals surface area contributed by atoms with Crippen molar-refractivity contribution in [2.24, 2.45) is 0 Å². The minimum Gasteiger partial charge on any atom is -0.297 e. The average Bonchev–Trinajstić information content (AvgIpc) is 1.67. The molecule has 8 heavy (non-hydrogen) atoms. The molecule has 3 heteroatoms. The van der Waals surface area contributed by atoms with Gasteiger partial charge in [-0.05, 0) is 13.3 Å². The zero-order valence-electron chi connectivity index (χ0n) is 4.87. The van der Waals surface area contributed by atoms with Gasteiger partial charge >= 0.3 is 0 Å². The van der Waals surface area contributed by atoms with Crippen molar-refractivity contribution in [1.82, 2.24) is 0 Å². The van der Waals surface area contributed by atoms with Crippen LogP contribution in [0.3, 0.4) is 0 Å². The first-order chi connectivity index (χ1) is 3.50. The summed E-state index contributed by atoms with van der Waals surface area (Å²) in [6.45, 7) is 3.48. The van der Waals surface area contributed by atoms with Crippen molar-refractivity contribution in [3.05, 3.63) is 0 Å². The Morgan fingerprint density at radius 2 is 2.00 bits per heavy atom. The Kier molecular flexibility index (Phi) is 3.20. The Bertz CT molecular complexity index is 98.6. The van der Waals surface area contributed by atoms with Gasteiger partial charge in [-0.25, -0.2) is 0 Å². The molecular formula is C5H8Br2O. The highest BCUT2D eigenvalue weighted by Gasteiger charge is 2.25. The molecule has 0 aromatic carbocycles. The molecule has 0 fully saturated rings. The molecule has 0 unspecified atom stereocenters. The van der Waals surface area contributed by atoms with Crippen molar-refractivity contribution in [2.45, 2.75) is 23.5 Å². The molecule has 0 heterocycles. The number of hydrogen-bond donors (Lipinski definition) is 0. The Balaban J connectivity index is 3.91. The number of hydrogen-bond acceptors (Lipinski definition) is 1. The van der Waals surface area contributed by atoms with E-state index in [9.17, 15) is 4.79 Å². The molecule has 0 aliphatic carbocycles. The third-order valence-corrected chi connectivity index (χ3v) is 3.20. The van der Waals surface area contributed by atoms with E-state index in [0.717, 1.165) is 6.42 Å². The second-order valence-electron chi connectivity index (χ2n) is 1.61. The van der Waals surface area contributed by atoms with E-state index in [1.54, 1.807) is 6.92 Å². The van der Waals surface area contributed by atoms with Crippen LogP contribution in [0.1, 0.15) is 20.3 Å². The smallest absolute Gasteiger partial charge is 0.157 e. The largest absolute Gasteiger partial charge is 0.297 e. The van der Waals surface area contributed by atoms with E-state index in [1.807, 2.05) is 6.92 Å². The lowest BCUT2D eigenvalue weighted by molar-refractivity contribution is -0.117. The van der Waals surface area contributed by atoms with Crippen molar-refractivity contribution in [3.8, 4) is 0 Å². The number of ketones is 1. The van der Waals surface area contributed by atoms with E-state index >= 15 is 0 Å². The molecule has 0 aromatic rings. The second-order valence-corrected chi connectivity index (χ2v) is 5.39. The Morgan fingerprint density at radius 1 is 1.62 bits per heavy atom. The highest BCUT2D eigenvalue weighted by molar-refractivity contribution is 9.25.